The Labute approximate surface area is 134 Å². The molecule has 120 valence electrons. The number of pyridine rings is 1. The van der Waals surface area contributed by atoms with E-state index in [4.69, 9.17) is 0 Å². The van der Waals surface area contributed by atoms with Gasteiger partial charge in [0.15, 0.2) is 0 Å². The monoisotopic (exact) mass is 313 g/mol. The highest BCUT2D eigenvalue weighted by atomic mass is 16.3. The van der Waals surface area contributed by atoms with Crippen LogP contribution >= 0.6 is 0 Å². The van der Waals surface area contributed by atoms with Gasteiger partial charge < -0.3 is 15.3 Å². The minimum Gasteiger partial charge on any atom is -0.506 e. The molecule has 1 heterocycles. The topological polar surface area (TPSA) is 82.5 Å². The second-order valence-corrected chi connectivity index (χ2v) is 5.46. The molecule has 0 fully saturated rings. The summed E-state index contributed by atoms with van der Waals surface area (Å²) in [6, 6.07) is 7.09. The van der Waals surface area contributed by atoms with Gasteiger partial charge in [0.1, 0.15) is 5.75 Å². The standard InChI is InChI=1S/C17H19N3O3/c1-11-4-5-12(2)15(6-11)19-16(22)10-20(3)17(23)13-7-14(21)9-18-8-13/h4-9,21H,10H2,1-3H3,(H,19,22). The lowest BCUT2D eigenvalue weighted by atomic mass is 10.1. The number of nitrogens with zero attached hydrogens (tertiary/aromatic N) is 2. The third kappa shape index (κ3) is 4.29. The van der Waals surface area contributed by atoms with Crippen LogP contribution in [-0.4, -0.2) is 40.4 Å². The van der Waals surface area contributed by atoms with Crippen LogP contribution in [-0.2, 0) is 4.79 Å². The zero-order valence-electron chi connectivity index (χ0n) is 13.3. The first-order valence-electron chi connectivity index (χ1n) is 7.13. The highest BCUT2D eigenvalue weighted by Crippen LogP contribution is 2.16. The molecule has 0 unspecified atom stereocenters. The van der Waals surface area contributed by atoms with Gasteiger partial charge in [-0.1, -0.05) is 12.1 Å². The van der Waals surface area contributed by atoms with Gasteiger partial charge in [-0.3, -0.25) is 14.6 Å². The Hall–Kier alpha value is -2.89. The van der Waals surface area contributed by atoms with E-state index in [1.165, 1.54) is 30.4 Å². The van der Waals surface area contributed by atoms with Crippen LogP contribution < -0.4 is 5.32 Å². The average molecular weight is 313 g/mol. The molecule has 2 rings (SSSR count). The number of hydrogen-bond donors (Lipinski definition) is 2. The highest BCUT2D eigenvalue weighted by Gasteiger charge is 2.16. The van der Waals surface area contributed by atoms with Crippen LogP contribution in [0.5, 0.6) is 5.75 Å². The second-order valence-electron chi connectivity index (χ2n) is 5.46. The minimum absolute atomic E-state index is 0.0934. The molecule has 0 spiro atoms. The zero-order valence-corrected chi connectivity index (χ0v) is 13.3. The number of anilines is 1. The van der Waals surface area contributed by atoms with Crippen molar-refractivity contribution in [2.75, 3.05) is 18.9 Å². The van der Waals surface area contributed by atoms with Crippen molar-refractivity contribution >= 4 is 17.5 Å². The molecule has 6 nitrogen and oxygen atoms in total. The molecule has 6 heteroatoms. The van der Waals surface area contributed by atoms with Crippen molar-refractivity contribution < 1.29 is 14.7 Å². The van der Waals surface area contributed by atoms with Crippen LogP contribution in [0, 0.1) is 13.8 Å². The zero-order chi connectivity index (χ0) is 17.0. The van der Waals surface area contributed by atoms with Crippen LogP contribution in [0.4, 0.5) is 5.69 Å². The summed E-state index contributed by atoms with van der Waals surface area (Å²) >= 11 is 0. The quantitative estimate of drug-likeness (QED) is 0.905. The van der Waals surface area contributed by atoms with E-state index in [2.05, 4.69) is 10.3 Å². The third-order valence-electron chi connectivity index (χ3n) is 3.37. The van der Waals surface area contributed by atoms with E-state index >= 15 is 0 Å². The summed E-state index contributed by atoms with van der Waals surface area (Å²) < 4.78 is 0. The van der Waals surface area contributed by atoms with Gasteiger partial charge in [-0.15, -0.1) is 0 Å². The van der Waals surface area contributed by atoms with Gasteiger partial charge in [-0.2, -0.15) is 0 Å². The van der Waals surface area contributed by atoms with Crippen molar-refractivity contribution in [3.8, 4) is 5.75 Å². The molecule has 0 atom stereocenters. The molecule has 2 aromatic rings. The maximum Gasteiger partial charge on any atom is 0.255 e. The van der Waals surface area contributed by atoms with Gasteiger partial charge >= 0.3 is 0 Å². The fourth-order valence-corrected chi connectivity index (χ4v) is 2.11. The second kappa shape index (κ2) is 6.91. The largest absolute Gasteiger partial charge is 0.506 e. The van der Waals surface area contributed by atoms with Gasteiger partial charge in [0.25, 0.3) is 5.91 Å². The molecule has 0 radical (unpaired) electrons. The van der Waals surface area contributed by atoms with Crippen LogP contribution in [0.15, 0.2) is 36.7 Å². The number of likely N-dealkylation sites (N-methyl/N-ethyl adjacent to an activating group) is 1. The van der Waals surface area contributed by atoms with Crippen molar-refractivity contribution in [2.24, 2.45) is 0 Å². The number of aryl methyl sites for hydroxylation is 2. The predicted molar refractivity (Wildman–Crippen MR) is 87.4 cm³/mol. The Bertz CT molecular complexity index is 744. The smallest absolute Gasteiger partial charge is 0.255 e. The fraction of sp³-hybridized carbons (Fsp3) is 0.235. The molecule has 23 heavy (non-hydrogen) atoms. The summed E-state index contributed by atoms with van der Waals surface area (Å²) in [5.41, 5.74) is 2.96. The number of aromatic nitrogens is 1. The van der Waals surface area contributed by atoms with E-state index in [-0.39, 0.29) is 29.7 Å². The average Bonchev–Trinajstić information content (AvgIpc) is 2.50. The first-order valence-corrected chi connectivity index (χ1v) is 7.13. The molecular weight excluding hydrogens is 294 g/mol. The number of rotatable bonds is 4. The van der Waals surface area contributed by atoms with Gasteiger partial charge in [0.05, 0.1) is 18.3 Å². The molecule has 1 aromatic heterocycles. The Morgan fingerprint density at radius 1 is 1.22 bits per heavy atom. The van der Waals surface area contributed by atoms with Crippen molar-refractivity contribution in [1.29, 1.82) is 0 Å². The predicted octanol–water partition coefficient (Wildman–Crippen LogP) is 2.11. The van der Waals surface area contributed by atoms with E-state index in [0.717, 1.165) is 16.8 Å². The van der Waals surface area contributed by atoms with Gasteiger partial charge in [0.2, 0.25) is 5.91 Å². The first kappa shape index (κ1) is 16.5. The Morgan fingerprint density at radius 2 is 1.96 bits per heavy atom. The van der Waals surface area contributed by atoms with Gasteiger partial charge in [0, 0.05) is 18.9 Å². The minimum atomic E-state index is -0.385. The van der Waals surface area contributed by atoms with Crippen LogP contribution in [0.3, 0.4) is 0 Å². The molecule has 0 aliphatic rings. The lowest BCUT2D eigenvalue weighted by molar-refractivity contribution is -0.116. The lowest BCUT2D eigenvalue weighted by Crippen LogP contribution is -2.35. The molecule has 0 aliphatic heterocycles. The summed E-state index contributed by atoms with van der Waals surface area (Å²) in [5.74, 6) is -0.767. The van der Waals surface area contributed by atoms with Crippen LogP contribution in [0.1, 0.15) is 21.5 Å². The number of amides is 2. The maximum atomic E-state index is 12.2. The van der Waals surface area contributed by atoms with Crippen LogP contribution in [0.25, 0.3) is 0 Å². The Morgan fingerprint density at radius 3 is 2.65 bits per heavy atom. The molecule has 2 amide bonds. The molecule has 0 saturated carbocycles. The van der Waals surface area contributed by atoms with Crippen molar-refractivity contribution in [3.63, 3.8) is 0 Å². The third-order valence-corrected chi connectivity index (χ3v) is 3.37. The lowest BCUT2D eigenvalue weighted by Gasteiger charge is -2.17. The highest BCUT2D eigenvalue weighted by molar-refractivity contribution is 5.99. The summed E-state index contributed by atoms with van der Waals surface area (Å²) in [4.78, 5) is 29.4. The molecule has 2 N–H and O–H groups in total. The Balaban J connectivity index is 2.02. The number of carbonyl (C=O) groups excluding carboxylic acids is 2. The summed E-state index contributed by atoms with van der Waals surface area (Å²) in [6.45, 7) is 3.75. The first-order chi connectivity index (χ1) is 10.9. The van der Waals surface area contributed by atoms with E-state index in [1.807, 2.05) is 32.0 Å². The van der Waals surface area contributed by atoms with E-state index in [9.17, 15) is 14.7 Å². The normalized spacial score (nSPS) is 10.2. The van der Waals surface area contributed by atoms with Crippen molar-refractivity contribution in [3.05, 3.63) is 53.3 Å². The summed E-state index contributed by atoms with van der Waals surface area (Å²) in [7, 11) is 1.52. The summed E-state index contributed by atoms with van der Waals surface area (Å²) in [6.07, 6.45) is 2.59. The SMILES string of the molecule is Cc1ccc(C)c(NC(=O)CN(C)C(=O)c2cncc(O)c2)c1. The van der Waals surface area contributed by atoms with E-state index < -0.39 is 0 Å². The number of benzene rings is 1. The van der Waals surface area contributed by atoms with Gasteiger partial charge in [-0.05, 0) is 37.1 Å². The fourth-order valence-electron chi connectivity index (χ4n) is 2.11. The number of hydrogen-bond acceptors (Lipinski definition) is 4. The maximum absolute atomic E-state index is 12.2. The number of carbonyl (C=O) groups is 2. The summed E-state index contributed by atoms with van der Waals surface area (Å²) in [5, 5.41) is 12.2. The van der Waals surface area contributed by atoms with E-state index in [1.54, 1.807) is 0 Å². The number of aromatic hydroxyl groups is 1. The van der Waals surface area contributed by atoms with Crippen molar-refractivity contribution in [1.82, 2.24) is 9.88 Å². The number of nitrogens with one attached hydrogen (secondary N) is 1. The molecular formula is C17H19N3O3. The molecule has 0 aliphatic carbocycles. The van der Waals surface area contributed by atoms with Crippen molar-refractivity contribution in [2.45, 2.75) is 13.8 Å². The van der Waals surface area contributed by atoms with Crippen LogP contribution in [0.2, 0.25) is 0 Å². The van der Waals surface area contributed by atoms with Gasteiger partial charge in [-0.25, -0.2) is 0 Å². The van der Waals surface area contributed by atoms with E-state index in [0.29, 0.717) is 0 Å². The molecule has 0 bridgehead atoms. The Kier molecular flexibility index (Phi) is 4.95. The molecule has 0 saturated heterocycles. The molecule has 1 aromatic carbocycles.